The van der Waals surface area contributed by atoms with Gasteiger partial charge in [-0.2, -0.15) is 0 Å². The zero-order valence-corrected chi connectivity index (χ0v) is 14.7. The normalized spacial score (nSPS) is 33.0. The van der Waals surface area contributed by atoms with Crippen LogP contribution in [0.25, 0.3) is 0 Å². The van der Waals surface area contributed by atoms with Crippen molar-refractivity contribution >= 4 is 16.9 Å². The number of aliphatic imine (C=N–C) groups is 1. The third-order valence-corrected chi connectivity index (χ3v) is 7.25. The molecule has 1 N–H and O–H groups in total. The van der Waals surface area contributed by atoms with E-state index in [0.717, 1.165) is 18.4 Å². The molecule has 1 heterocycles. The summed E-state index contributed by atoms with van der Waals surface area (Å²) in [6, 6.07) is 0.672. The van der Waals surface area contributed by atoms with Crippen LogP contribution in [0, 0.1) is 17.3 Å². The van der Waals surface area contributed by atoms with Gasteiger partial charge in [0.2, 0.25) is 0 Å². The summed E-state index contributed by atoms with van der Waals surface area (Å²) >= 11 is 2.01. The smallest absolute Gasteiger partial charge is 0.156 e. The van der Waals surface area contributed by atoms with Gasteiger partial charge in [0.05, 0.1) is 0 Å². The van der Waals surface area contributed by atoms with Crippen molar-refractivity contribution in [3.05, 3.63) is 0 Å². The molecule has 1 spiro atoms. The van der Waals surface area contributed by atoms with Crippen LogP contribution in [-0.2, 0) is 0 Å². The van der Waals surface area contributed by atoms with Gasteiger partial charge in [-0.05, 0) is 42.9 Å². The Labute approximate surface area is 134 Å². The minimum Gasteiger partial charge on any atom is -0.362 e. The van der Waals surface area contributed by atoms with Crippen LogP contribution in [-0.4, -0.2) is 23.5 Å². The first-order valence-corrected chi connectivity index (χ1v) is 10.1. The van der Waals surface area contributed by atoms with Gasteiger partial charge in [-0.15, -0.1) is 0 Å². The predicted molar refractivity (Wildman–Crippen MR) is 94.0 cm³/mol. The standard InChI is InChI=1S/C18H32N2S/c1-14(2)15-8-4-5-9-16(15)20-17-19-12-18(13-21-17)10-6-3-7-11-18/h14-16H,3-13H2,1-2H3,(H,19,20). The molecule has 3 aliphatic rings. The third kappa shape index (κ3) is 3.78. The average Bonchev–Trinajstić information content (AvgIpc) is 2.51. The molecule has 0 saturated heterocycles. The maximum Gasteiger partial charge on any atom is 0.156 e. The largest absolute Gasteiger partial charge is 0.362 e. The number of hydrogen-bond acceptors (Lipinski definition) is 3. The molecular formula is C18H32N2S. The van der Waals surface area contributed by atoms with Crippen LogP contribution in [0.1, 0.15) is 71.6 Å². The van der Waals surface area contributed by atoms with Crippen molar-refractivity contribution in [2.45, 2.75) is 77.7 Å². The average molecular weight is 309 g/mol. The van der Waals surface area contributed by atoms with Crippen molar-refractivity contribution < 1.29 is 0 Å². The highest BCUT2D eigenvalue weighted by atomic mass is 32.2. The maximum absolute atomic E-state index is 4.96. The molecule has 2 atom stereocenters. The van der Waals surface area contributed by atoms with Crippen LogP contribution in [0.2, 0.25) is 0 Å². The number of nitrogens with zero attached hydrogens (tertiary/aromatic N) is 1. The fourth-order valence-corrected chi connectivity index (χ4v) is 5.75. The van der Waals surface area contributed by atoms with Gasteiger partial charge in [-0.1, -0.05) is 57.7 Å². The molecule has 21 heavy (non-hydrogen) atoms. The van der Waals surface area contributed by atoms with E-state index >= 15 is 0 Å². The van der Waals surface area contributed by atoms with Crippen LogP contribution >= 0.6 is 11.8 Å². The molecule has 2 fully saturated rings. The maximum atomic E-state index is 4.96. The highest BCUT2D eigenvalue weighted by Gasteiger charge is 2.36. The molecule has 0 bridgehead atoms. The number of rotatable bonds is 2. The van der Waals surface area contributed by atoms with Crippen molar-refractivity contribution in [1.82, 2.24) is 5.32 Å². The van der Waals surface area contributed by atoms with E-state index in [0.29, 0.717) is 11.5 Å². The van der Waals surface area contributed by atoms with E-state index in [9.17, 15) is 0 Å². The molecule has 0 radical (unpaired) electrons. The van der Waals surface area contributed by atoms with E-state index in [1.54, 1.807) is 0 Å². The van der Waals surface area contributed by atoms with Crippen LogP contribution in [0.4, 0.5) is 0 Å². The Hall–Kier alpha value is -0.180. The fourth-order valence-electron chi connectivity index (χ4n) is 4.54. The van der Waals surface area contributed by atoms with Gasteiger partial charge in [0, 0.05) is 18.3 Å². The lowest BCUT2D eigenvalue weighted by molar-refractivity contribution is 0.221. The van der Waals surface area contributed by atoms with E-state index in [1.807, 2.05) is 11.8 Å². The minimum atomic E-state index is 0.554. The molecule has 120 valence electrons. The van der Waals surface area contributed by atoms with Crippen LogP contribution in [0.3, 0.4) is 0 Å². The second-order valence-corrected chi connectivity index (χ2v) is 8.88. The Morgan fingerprint density at radius 3 is 2.52 bits per heavy atom. The molecule has 3 heteroatoms. The van der Waals surface area contributed by atoms with Crippen molar-refractivity contribution in [2.75, 3.05) is 12.3 Å². The number of amidine groups is 1. The number of nitrogens with one attached hydrogen (secondary N) is 1. The Kier molecular flexibility index (Phi) is 5.19. The minimum absolute atomic E-state index is 0.554. The molecule has 2 unspecified atom stereocenters. The highest BCUT2D eigenvalue weighted by molar-refractivity contribution is 8.13. The molecule has 1 aliphatic heterocycles. The van der Waals surface area contributed by atoms with Crippen LogP contribution in [0.5, 0.6) is 0 Å². The highest BCUT2D eigenvalue weighted by Crippen LogP contribution is 2.42. The summed E-state index contributed by atoms with van der Waals surface area (Å²) in [7, 11) is 0. The topological polar surface area (TPSA) is 24.4 Å². The van der Waals surface area contributed by atoms with Gasteiger partial charge in [-0.3, -0.25) is 4.99 Å². The van der Waals surface area contributed by atoms with E-state index in [2.05, 4.69) is 19.2 Å². The molecular weight excluding hydrogens is 276 g/mol. The summed E-state index contributed by atoms with van der Waals surface area (Å²) in [4.78, 5) is 4.96. The summed E-state index contributed by atoms with van der Waals surface area (Å²) in [6.07, 6.45) is 12.7. The van der Waals surface area contributed by atoms with E-state index in [4.69, 9.17) is 4.99 Å². The lowest BCUT2D eigenvalue weighted by Gasteiger charge is -2.40. The Morgan fingerprint density at radius 2 is 1.86 bits per heavy atom. The zero-order valence-electron chi connectivity index (χ0n) is 13.9. The summed E-state index contributed by atoms with van der Waals surface area (Å²) in [5, 5.41) is 5.08. The monoisotopic (exact) mass is 308 g/mol. The Morgan fingerprint density at radius 1 is 1.10 bits per heavy atom. The van der Waals surface area contributed by atoms with E-state index in [-0.39, 0.29) is 0 Å². The lowest BCUT2D eigenvalue weighted by Crippen LogP contribution is -2.45. The van der Waals surface area contributed by atoms with Gasteiger partial charge in [0.15, 0.2) is 5.17 Å². The van der Waals surface area contributed by atoms with Crippen molar-refractivity contribution in [3.63, 3.8) is 0 Å². The first-order chi connectivity index (χ1) is 10.2. The van der Waals surface area contributed by atoms with Gasteiger partial charge >= 0.3 is 0 Å². The van der Waals surface area contributed by atoms with Crippen molar-refractivity contribution in [2.24, 2.45) is 22.2 Å². The molecule has 2 saturated carbocycles. The van der Waals surface area contributed by atoms with Gasteiger partial charge in [-0.25, -0.2) is 0 Å². The lowest BCUT2D eigenvalue weighted by atomic mass is 9.75. The molecule has 0 aromatic rings. The first kappa shape index (κ1) is 15.7. The summed E-state index contributed by atoms with van der Waals surface area (Å²) < 4.78 is 0. The van der Waals surface area contributed by atoms with E-state index in [1.165, 1.54) is 68.7 Å². The number of hydrogen-bond donors (Lipinski definition) is 1. The van der Waals surface area contributed by atoms with Gasteiger partial charge in [0.1, 0.15) is 0 Å². The quantitative estimate of drug-likeness (QED) is 0.789. The third-order valence-electron chi connectivity index (χ3n) is 5.97. The molecule has 2 aliphatic carbocycles. The fraction of sp³-hybridized carbons (Fsp3) is 0.944. The Balaban J connectivity index is 1.58. The first-order valence-electron chi connectivity index (χ1n) is 9.12. The van der Waals surface area contributed by atoms with Gasteiger partial charge < -0.3 is 5.32 Å². The number of thioether (sulfide) groups is 1. The second kappa shape index (κ2) is 6.93. The molecule has 0 aromatic carbocycles. The van der Waals surface area contributed by atoms with Crippen LogP contribution < -0.4 is 5.32 Å². The van der Waals surface area contributed by atoms with Crippen LogP contribution in [0.15, 0.2) is 4.99 Å². The SMILES string of the molecule is CC(C)C1CCCCC1NC1=NCC2(CCCCC2)CS1. The molecule has 3 rings (SSSR count). The molecule has 0 amide bonds. The second-order valence-electron chi connectivity index (χ2n) is 7.91. The summed E-state index contributed by atoms with van der Waals surface area (Å²) in [6.45, 7) is 5.86. The molecule has 2 nitrogen and oxygen atoms in total. The van der Waals surface area contributed by atoms with E-state index < -0.39 is 0 Å². The zero-order chi connectivity index (χ0) is 14.7. The predicted octanol–water partition coefficient (Wildman–Crippen LogP) is 4.84. The van der Waals surface area contributed by atoms with Crippen molar-refractivity contribution in [1.29, 1.82) is 0 Å². The Bertz CT molecular complexity index is 371. The summed E-state index contributed by atoms with van der Waals surface area (Å²) in [5.74, 6) is 2.94. The van der Waals surface area contributed by atoms with Crippen molar-refractivity contribution in [3.8, 4) is 0 Å². The van der Waals surface area contributed by atoms with Gasteiger partial charge in [0.25, 0.3) is 0 Å². The summed E-state index contributed by atoms with van der Waals surface area (Å²) in [5.41, 5.74) is 0.554. The molecule has 0 aromatic heterocycles.